The van der Waals surface area contributed by atoms with E-state index in [-0.39, 0.29) is 11.9 Å². The van der Waals surface area contributed by atoms with Gasteiger partial charge in [-0.25, -0.2) is 0 Å². The highest BCUT2D eigenvalue weighted by Gasteiger charge is 2.28. The first kappa shape index (κ1) is 13.5. The molecule has 1 aliphatic rings. The lowest BCUT2D eigenvalue weighted by molar-refractivity contribution is -0.133. The second-order valence-corrected chi connectivity index (χ2v) is 4.59. The number of carbonyl (C=O) groups excluding carboxylic acids is 1. The van der Waals surface area contributed by atoms with Crippen LogP contribution in [0, 0.1) is 5.92 Å². The minimum absolute atomic E-state index is 0.0837. The van der Waals surface area contributed by atoms with Crippen molar-refractivity contribution in [2.45, 2.75) is 38.6 Å². The summed E-state index contributed by atoms with van der Waals surface area (Å²) in [7, 11) is 1.84. The van der Waals surface area contributed by atoms with Gasteiger partial charge in [-0.05, 0) is 25.2 Å². The Morgan fingerprint density at radius 2 is 2.12 bits per heavy atom. The third-order valence-corrected chi connectivity index (χ3v) is 3.28. The Hall–Kier alpha value is -0.610. The van der Waals surface area contributed by atoms with Crippen molar-refractivity contribution in [1.82, 2.24) is 4.90 Å². The number of amides is 1. The van der Waals surface area contributed by atoms with Crippen molar-refractivity contribution in [1.29, 1.82) is 0 Å². The molecule has 4 nitrogen and oxygen atoms in total. The molecule has 1 saturated heterocycles. The summed E-state index contributed by atoms with van der Waals surface area (Å²) in [6.45, 7) is 4.41. The van der Waals surface area contributed by atoms with Crippen LogP contribution < -0.4 is 5.73 Å². The van der Waals surface area contributed by atoms with Gasteiger partial charge in [0.2, 0.25) is 5.91 Å². The van der Waals surface area contributed by atoms with Crippen molar-refractivity contribution in [3.05, 3.63) is 0 Å². The molecule has 0 aromatic carbocycles. The van der Waals surface area contributed by atoms with E-state index >= 15 is 0 Å². The number of rotatable bonds is 5. The Kier molecular flexibility index (Phi) is 5.77. The molecule has 1 heterocycles. The Labute approximate surface area is 98.1 Å². The number of unbranched alkanes of at least 4 members (excludes halogenated alkanes) is 1. The van der Waals surface area contributed by atoms with E-state index < -0.39 is 0 Å². The Morgan fingerprint density at radius 1 is 1.50 bits per heavy atom. The normalized spacial score (nSPS) is 19.4. The minimum Gasteiger partial charge on any atom is -0.381 e. The van der Waals surface area contributed by atoms with E-state index in [1.54, 1.807) is 4.90 Å². The zero-order valence-corrected chi connectivity index (χ0v) is 10.4. The molecule has 0 aromatic rings. The standard InChI is InChI=1S/C12H24N2O2/c1-3-4-7-14(2)12(15)11(13)10-5-8-16-9-6-10/h10-11H,3-9,13H2,1-2H3. The second-order valence-electron chi connectivity index (χ2n) is 4.59. The third kappa shape index (κ3) is 3.76. The van der Waals surface area contributed by atoms with Crippen molar-refractivity contribution in [2.24, 2.45) is 11.7 Å². The number of hydrogen-bond donors (Lipinski definition) is 1. The molecule has 1 unspecified atom stereocenters. The van der Waals surface area contributed by atoms with Crippen LogP contribution in [0.25, 0.3) is 0 Å². The topological polar surface area (TPSA) is 55.6 Å². The van der Waals surface area contributed by atoms with Gasteiger partial charge in [0, 0.05) is 26.8 Å². The molecule has 4 heteroatoms. The largest absolute Gasteiger partial charge is 0.381 e. The molecule has 1 fully saturated rings. The van der Waals surface area contributed by atoms with Crippen molar-refractivity contribution >= 4 is 5.91 Å². The number of ether oxygens (including phenoxy) is 1. The molecule has 1 atom stereocenters. The molecular weight excluding hydrogens is 204 g/mol. The van der Waals surface area contributed by atoms with E-state index in [0.29, 0.717) is 5.92 Å². The fraction of sp³-hybridized carbons (Fsp3) is 0.917. The average Bonchev–Trinajstić information content (AvgIpc) is 2.35. The van der Waals surface area contributed by atoms with Crippen LogP contribution in [-0.2, 0) is 9.53 Å². The lowest BCUT2D eigenvalue weighted by Crippen LogP contribution is -2.47. The van der Waals surface area contributed by atoms with Crippen LogP contribution in [0.1, 0.15) is 32.6 Å². The Bertz CT molecular complexity index is 215. The maximum Gasteiger partial charge on any atom is 0.239 e. The van der Waals surface area contributed by atoms with Crippen molar-refractivity contribution in [3.8, 4) is 0 Å². The summed E-state index contributed by atoms with van der Waals surface area (Å²) in [4.78, 5) is 13.8. The van der Waals surface area contributed by atoms with E-state index in [4.69, 9.17) is 10.5 Å². The van der Waals surface area contributed by atoms with E-state index in [1.165, 1.54) is 0 Å². The molecule has 1 aliphatic heterocycles. The first-order valence-electron chi connectivity index (χ1n) is 6.25. The van der Waals surface area contributed by atoms with Gasteiger partial charge in [0.1, 0.15) is 0 Å². The van der Waals surface area contributed by atoms with Gasteiger partial charge in [0.25, 0.3) is 0 Å². The fourth-order valence-corrected chi connectivity index (χ4v) is 2.04. The van der Waals surface area contributed by atoms with Gasteiger partial charge < -0.3 is 15.4 Å². The molecule has 0 radical (unpaired) electrons. The Balaban J connectivity index is 2.38. The predicted molar refractivity (Wildman–Crippen MR) is 64.1 cm³/mol. The summed E-state index contributed by atoms with van der Waals surface area (Å²) in [5.74, 6) is 0.380. The Morgan fingerprint density at radius 3 is 2.69 bits per heavy atom. The fourth-order valence-electron chi connectivity index (χ4n) is 2.04. The van der Waals surface area contributed by atoms with Crippen molar-refractivity contribution in [3.63, 3.8) is 0 Å². The number of nitrogens with zero attached hydrogens (tertiary/aromatic N) is 1. The maximum absolute atomic E-state index is 12.0. The lowest BCUT2D eigenvalue weighted by Gasteiger charge is -2.29. The highest BCUT2D eigenvalue weighted by Crippen LogP contribution is 2.18. The van der Waals surface area contributed by atoms with Crippen LogP contribution in [0.3, 0.4) is 0 Å². The van der Waals surface area contributed by atoms with Gasteiger partial charge in [0.15, 0.2) is 0 Å². The molecule has 0 aliphatic carbocycles. The summed E-state index contributed by atoms with van der Waals surface area (Å²) < 4.78 is 5.27. The SMILES string of the molecule is CCCCN(C)C(=O)C(N)C1CCOCC1. The third-order valence-electron chi connectivity index (χ3n) is 3.28. The van der Waals surface area contributed by atoms with Gasteiger partial charge >= 0.3 is 0 Å². The second kappa shape index (κ2) is 6.86. The molecule has 16 heavy (non-hydrogen) atoms. The number of likely N-dealkylation sites (N-methyl/N-ethyl adjacent to an activating group) is 1. The zero-order valence-electron chi connectivity index (χ0n) is 10.4. The first-order valence-corrected chi connectivity index (χ1v) is 6.25. The number of hydrogen-bond acceptors (Lipinski definition) is 3. The number of nitrogens with two attached hydrogens (primary N) is 1. The summed E-state index contributed by atoms with van der Waals surface area (Å²) in [5, 5.41) is 0. The molecule has 0 aromatic heterocycles. The van der Waals surface area contributed by atoms with Gasteiger partial charge in [-0.3, -0.25) is 4.79 Å². The maximum atomic E-state index is 12.0. The van der Waals surface area contributed by atoms with Crippen LogP contribution >= 0.6 is 0 Å². The predicted octanol–water partition coefficient (Wildman–Crippen LogP) is 0.999. The molecule has 0 bridgehead atoms. The summed E-state index contributed by atoms with van der Waals surface area (Å²) >= 11 is 0. The molecular formula is C12H24N2O2. The zero-order chi connectivity index (χ0) is 12.0. The first-order chi connectivity index (χ1) is 7.66. The van der Waals surface area contributed by atoms with E-state index in [1.807, 2.05) is 7.05 Å². The van der Waals surface area contributed by atoms with E-state index in [2.05, 4.69) is 6.92 Å². The molecule has 94 valence electrons. The monoisotopic (exact) mass is 228 g/mol. The lowest BCUT2D eigenvalue weighted by atomic mass is 9.91. The molecule has 0 saturated carbocycles. The highest BCUT2D eigenvalue weighted by molar-refractivity contribution is 5.81. The number of carbonyl (C=O) groups is 1. The van der Waals surface area contributed by atoms with Gasteiger partial charge in [-0.1, -0.05) is 13.3 Å². The van der Waals surface area contributed by atoms with Crippen molar-refractivity contribution < 1.29 is 9.53 Å². The minimum atomic E-state index is -0.342. The highest BCUT2D eigenvalue weighted by atomic mass is 16.5. The van der Waals surface area contributed by atoms with E-state index in [9.17, 15) is 4.79 Å². The van der Waals surface area contributed by atoms with E-state index in [0.717, 1.165) is 45.4 Å². The molecule has 0 spiro atoms. The average molecular weight is 228 g/mol. The van der Waals surface area contributed by atoms with Gasteiger partial charge in [-0.15, -0.1) is 0 Å². The van der Waals surface area contributed by atoms with Crippen LogP contribution in [0.5, 0.6) is 0 Å². The van der Waals surface area contributed by atoms with Crippen LogP contribution in [0.15, 0.2) is 0 Å². The van der Waals surface area contributed by atoms with Gasteiger partial charge in [-0.2, -0.15) is 0 Å². The summed E-state index contributed by atoms with van der Waals surface area (Å²) in [6.07, 6.45) is 3.97. The summed E-state index contributed by atoms with van der Waals surface area (Å²) in [6, 6.07) is -0.342. The molecule has 1 rings (SSSR count). The van der Waals surface area contributed by atoms with Crippen LogP contribution in [-0.4, -0.2) is 43.7 Å². The van der Waals surface area contributed by atoms with Crippen molar-refractivity contribution in [2.75, 3.05) is 26.8 Å². The molecule has 2 N–H and O–H groups in total. The summed E-state index contributed by atoms with van der Waals surface area (Å²) in [5.41, 5.74) is 6.02. The smallest absolute Gasteiger partial charge is 0.239 e. The van der Waals surface area contributed by atoms with Crippen LogP contribution in [0.2, 0.25) is 0 Å². The van der Waals surface area contributed by atoms with Gasteiger partial charge in [0.05, 0.1) is 6.04 Å². The van der Waals surface area contributed by atoms with Crippen LogP contribution in [0.4, 0.5) is 0 Å². The quantitative estimate of drug-likeness (QED) is 0.763. The molecule has 1 amide bonds.